The Bertz CT molecular complexity index is 1100. The van der Waals surface area contributed by atoms with E-state index in [4.69, 9.17) is 0 Å². The van der Waals surface area contributed by atoms with Crippen molar-refractivity contribution in [2.24, 2.45) is 0 Å². The highest BCUT2D eigenvalue weighted by Crippen LogP contribution is 2.29. The fraction of sp³-hybridized carbons (Fsp3) is 0.176. The minimum absolute atomic E-state index is 0.0861. The van der Waals surface area contributed by atoms with Crippen molar-refractivity contribution in [1.29, 1.82) is 0 Å². The molecule has 0 fully saturated rings. The number of benzene rings is 1. The second kappa shape index (κ2) is 7.41. The Morgan fingerprint density at radius 1 is 1.15 bits per heavy atom. The van der Waals surface area contributed by atoms with Crippen molar-refractivity contribution >= 4 is 32.7 Å². The fourth-order valence-corrected chi connectivity index (χ4v) is 3.96. The van der Waals surface area contributed by atoms with Crippen LogP contribution < -0.4 is 5.32 Å². The van der Waals surface area contributed by atoms with Gasteiger partial charge in [-0.3, -0.25) is 10.1 Å². The van der Waals surface area contributed by atoms with E-state index in [1.165, 1.54) is 11.3 Å². The molecule has 0 saturated heterocycles. The Labute approximate surface area is 160 Å². The molecule has 2 heterocycles. The summed E-state index contributed by atoms with van der Waals surface area (Å²) in [6, 6.07) is 12.0. The lowest BCUT2D eigenvalue weighted by Gasteiger charge is -2.07. The van der Waals surface area contributed by atoms with Crippen LogP contribution in [0.3, 0.4) is 0 Å². The average Bonchev–Trinajstić information content (AvgIpc) is 3.00. The van der Waals surface area contributed by atoms with Gasteiger partial charge in [0, 0.05) is 22.8 Å². The number of aryl methyl sites for hydroxylation is 1. The lowest BCUT2D eigenvalue weighted by molar-refractivity contribution is -0.384. The van der Waals surface area contributed by atoms with Gasteiger partial charge in [0.2, 0.25) is 5.82 Å². The van der Waals surface area contributed by atoms with E-state index in [2.05, 4.69) is 15.3 Å². The minimum Gasteiger partial charge on any atom is -0.359 e. The fourth-order valence-electron chi connectivity index (χ4n) is 2.38. The minimum atomic E-state index is -3.57. The van der Waals surface area contributed by atoms with Crippen LogP contribution in [-0.4, -0.2) is 29.6 Å². The van der Waals surface area contributed by atoms with Gasteiger partial charge in [-0.1, -0.05) is 30.3 Å². The Balaban J connectivity index is 1.88. The molecule has 2 aromatic heterocycles. The van der Waals surface area contributed by atoms with Gasteiger partial charge in [-0.25, -0.2) is 18.4 Å². The van der Waals surface area contributed by atoms with Gasteiger partial charge in [0.15, 0.2) is 14.9 Å². The van der Waals surface area contributed by atoms with Crippen LogP contribution in [0.15, 0.2) is 47.5 Å². The number of hydrogen-bond donors (Lipinski definition) is 1. The Kier molecular flexibility index (Phi) is 5.19. The normalized spacial score (nSPS) is 11.3. The van der Waals surface area contributed by atoms with E-state index in [-0.39, 0.29) is 23.1 Å². The molecule has 3 rings (SSSR count). The van der Waals surface area contributed by atoms with Gasteiger partial charge >= 0.3 is 5.69 Å². The zero-order valence-corrected chi connectivity index (χ0v) is 16.2. The Morgan fingerprint density at radius 3 is 2.48 bits per heavy atom. The summed E-state index contributed by atoms with van der Waals surface area (Å²) < 4.78 is 23.4. The molecular formula is C17H16N4O4S2. The van der Waals surface area contributed by atoms with E-state index < -0.39 is 14.8 Å². The van der Waals surface area contributed by atoms with Gasteiger partial charge in [-0.05, 0) is 13.0 Å². The number of aromatic nitrogens is 2. The van der Waals surface area contributed by atoms with E-state index in [0.717, 1.165) is 39.5 Å². The molecule has 0 atom stereocenters. The van der Waals surface area contributed by atoms with Crippen molar-refractivity contribution in [3.63, 3.8) is 0 Å². The number of pyridine rings is 1. The Morgan fingerprint density at radius 2 is 1.85 bits per heavy atom. The molecule has 1 aromatic carbocycles. The van der Waals surface area contributed by atoms with E-state index >= 15 is 0 Å². The van der Waals surface area contributed by atoms with Crippen molar-refractivity contribution in [3.05, 3.63) is 63.1 Å². The van der Waals surface area contributed by atoms with Gasteiger partial charge in [0.25, 0.3) is 0 Å². The quantitative estimate of drug-likeness (QED) is 0.494. The molecule has 8 nitrogen and oxygen atoms in total. The van der Waals surface area contributed by atoms with Crippen molar-refractivity contribution in [1.82, 2.24) is 9.97 Å². The third-order valence-electron chi connectivity index (χ3n) is 3.75. The summed E-state index contributed by atoms with van der Waals surface area (Å²) in [5.41, 5.74) is 1.50. The highest BCUT2D eigenvalue weighted by Gasteiger charge is 2.20. The van der Waals surface area contributed by atoms with Crippen LogP contribution in [-0.2, 0) is 16.4 Å². The maximum Gasteiger partial charge on any atom is 0.311 e. The maximum absolute atomic E-state index is 11.7. The summed E-state index contributed by atoms with van der Waals surface area (Å²) >= 11 is 1.47. The number of nitro groups is 1. The number of rotatable bonds is 6. The highest BCUT2D eigenvalue weighted by atomic mass is 32.2. The number of anilines is 1. The van der Waals surface area contributed by atoms with Crippen LogP contribution in [0.2, 0.25) is 0 Å². The molecule has 0 aliphatic heterocycles. The lowest BCUT2D eigenvalue weighted by Crippen LogP contribution is -2.08. The first-order valence-corrected chi connectivity index (χ1v) is 10.6. The third-order valence-corrected chi connectivity index (χ3v) is 5.95. The first kappa shape index (κ1) is 18.9. The summed E-state index contributed by atoms with van der Waals surface area (Å²) in [6.07, 6.45) is 1.00. The van der Waals surface area contributed by atoms with E-state index in [1.54, 1.807) is 0 Å². The lowest BCUT2D eigenvalue weighted by atomic mass is 10.2. The van der Waals surface area contributed by atoms with Gasteiger partial charge in [0.05, 0.1) is 17.2 Å². The molecule has 0 aliphatic rings. The number of thiazole rings is 1. The SMILES string of the molecule is Cc1nc(-c2ccccc2)sc1CNc1nc(S(C)(=O)=O)ccc1[N+](=O)[O-]. The summed E-state index contributed by atoms with van der Waals surface area (Å²) in [5, 5.41) is 14.7. The van der Waals surface area contributed by atoms with Gasteiger partial charge in [-0.15, -0.1) is 11.3 Å². The van der Waals surface area contributed by atoms with Gasteiger partial charge in [0.1, 0.15) is 5.01 Å². The first-order chi connectivity index (χ1) is 12.8. The smallest absolute Gasteiger partial charge is 0.311 e. The van der Waals surface area contributed by atoms with Crippen LogP contribution in [0.25, 0.3) is 10.6 Å². The van der Waals surface area contributed by atoms with Gasteiger partial charge < -0.3 is 5.32 Å². The zero-order valence-electron chi connectivity index (χ0n) is 14.5. The molecule has 27 heavy (non-hydrogen) atoms. The monoisotopic (exact) mass is 404 g/mol. The van der Waals surface area contributed by atoms with Crippen LogP contribution in [0.5, 0.6) is 0 Å². The molecule has 0 bridgehead atoms. The summed E-state index contributed by atoms with van der Waals surface area (Å²) in [7, 11) is -3.57. The maximum atomic E-state index is 11.7. The predicted octanol–water partition coefficient (Wildman–Crippen LogP) is 3.44. The molecule has 0 aliphatic carbocycles. The van der Waals surface area contributed by atoms with Crippen LogP contribution in [0.1, 0.15) is 10.6 Å². The van der Waals surface area contributed by atoms with Crippen LogP contribution in [0, 0.1) is 17.0 Å². The third kappa shape index (κ3) is 4.29. The molecule has 10 heteroatoms. The van der Waals surface area contributed by atoms with Gasteiger partial charge in [-0.2, -0.15) is 0 Å². The van der Waals surface area contributed by atoms with E-state index in [1.807, 2.05) is 37.3 Å². The standard InChI is InChI=1S/C17H16N4O4S2/c1-11-14(26-17(19-11)12-6-4-3-5-7-12)10-18-16-13(21(22)23)8-9-15(20-16)27(2,24)25/h3-9H,10H2,1-2H3,(H,18,20). The molecule has 1 N–H and O–H groups in total. The Hall–Kier alpha value is -2.85. The van der Waals surface area contributed by atoms with Crippen LogP contribution in [0.4, 0.5) is 11.5 Å². The zero-order chi connectivity index (χ0) is 19.6. The summed E-state index contributed by atoms with van der Waals surface area (Å²) in [4.78, 5) is 20.0. The second-order valence-corrected chi connectivity index (χ2v) is 8.84. The molecule has 0 unspecified atom stereocenters. The molecule has 0 saturated carbocycles. The number of sulfone groups is 1. The van der Waals surface area contributed by atoms with Crippen molar-refractivity contribution in [2.45, 2.75) is 18.5 Å². The van der Waals surface area contributed by atoms with Crippen molar-refractivity contribution < 1.29 is 13.3 Å². The number of nitrogens with one attached hydrogen (secondary N) is 1. The number of nitrogens with zero attached hydrogens (tertiary/aromatic N) is 3. The predicted molar refractivity (Wildman–Crippen MR) is 104 cm³/mol. The number of hydrogen-bond acceptors (Lipinski definition) is 8. The average molecular weight is 404 g/mol. The van der Waals surface area contributed by atoms with Crippen molar-refractivity contribution in [3.8, 4) is 10.6 Å². The summed E-state index contributed by atoms with van der Waals surface area (Å²) in [5.74, 6) is -0.0861. The summed E-state index contributed by atoms with van der Waals surface area (Å²) in [6.45, 7) is 2.10. The second-order valence-electron chi connectivity index (χ2n) is 5.79. The largest absolute Gasteiger partial charge is 0.359 e. The molecular weight excluding hydrogens is 388 g/mol. The molecule has 0 radical (unpaired) electrons. The van der Waals surface area contributed by atoms with E-state index in [9.17, 15) is 18.5 Å². The highest BCUT2D eigenvalue weighted by molar-refractivity contribution is 7.90. The van der Waals surface area contributed by atoms with Crippen molar-refractivity contribution in [2.75, 3.05) is 11.6 Å². The first-order valence-electron chi connectivity index (χ1n) is 7.87. The molecule has 0 amide bonds. The molecule has 3 aromatic rings. The topological polar surface area (TPSA) is 115 Å². The van der Waals surface area contributed by atoms with E-state index in [0.29, 0.717) is 0 Å². The molecule has 140 valence electrons. The van der Waals surface area contributed by atoms with Crippen LogP contribution >= 0.6 is 11.3 Å². The molecule has 0 spiro atoms.